The Balaban J connectivity index is 1.51. The fraction of sp³-hybridized carbons (Fsp3) is 0.241. The van der Waals surface area contributed by atoms with E-state index in [2.05, 4.69) is 27.0 Å². The van der Waals surface area contributed by atoms with E-state index in [9.17, 15) is 9.59 Å². The van der Waals surface area contributed by atoms with E-state index < -0.39 is 5.76 Å². The van der Waals surface area contributed by atoms with E-state index in [1.165, 1.54) is 24.1 Å². The Hall–Kier alpha value is -4.86. The second-order valence-corrected chi connectivity index (χ2v) is 9.11. The van der Waals surface area contributed by atoms with E-state index in [0.29, 0.717) is 35.8 Å². The molecular formula is C29H28N6O4. The fourth-order valence-corrected chi connectivity index (χ4v) is 4.51. The molecule has 10 nitrogen and oxygen atoms in total. The normalized spacial score (nSPS) is 11.1. The third-order valence-electron chi connectivity index (χ3n) is 6.52. The summed E-state index contributed by atoms with van der Waals surface area (Å²) in [5, 5.41) is 3.84. The molecule has 0 atom stereocenters. The van der Waals surface area contributed by atoms with E-state index in [0.717, 1.165) is 40.8 Å². The standard InChI is InChI=1S/C29H28N6O4/c1-4-5-10-25-24(27(36)35(18(2)32-25)28-30-16-21(38-3)17-31-28)15-19-11-13-20(14-12-19)22-8-6-7-9-23(22)26-33-29(37)39-34-26/h6-9,11-14,16-17H,4-5,10,15H2,1-3H3,(H,33,34,37). The van der Waals surface area contributed by atoms with Gasteiger partial charge in [0.1, 0.15) is 5.82 Å². The second-order valence-electron chi connectivity index (χ2n) is 9.11. The Morgan fingerprint density at radius 3 is 2.36 bits per heavy atom. The van der Waals surface area contributed by atoms with Gasteiger partial charge >= 0.3 is 5.76 Å². The number of hydrogen-bond acceptors (Lipinski definition) is 8. The van der Waals surface area contributed by atoms with Gasteiger partial charge in [-0.15, -0.1) is 0 Å². The zero-order valence-corrected chi connectivity index (χ0v) is 22.0. The van der Waals surface area contributed by atoms with Crippen molar-refractivity contribution >= 4 is 0 Å². The smallest absolute Gasteiger partial charge is 0.439 e. The van der Waals surface area contributed by atoms with E-state index in [1.54, 1.807) is 6.92 Å². The summed E-state index contributed by atoms with van der Waals surface area (Å²) >= 11 is 0. The van der Waals surface area contributed by atoms with Gasteiger partial charge in [-0.2, -0.15) is 0 Å². The Kier molecular flexibility index (Phi) is 7.44. The lowest BCUT2D eigenvalue weighted by molar-refractivity contribution is 0.388. The van der Waals surface area contributed by atoms with Crippen LogP contribution in [0.25, 0.3) is 28.5 Å². The molecule has 0 aliphatic heterocycles. The summed E-state index contributed by atoms with van der Waals surface area (Å²) in [6, 6.07) is 15.6. The van der Waals surface area contributed by atoms with Crippen molar-refractivity contribution in [1.82, 2.24) is 29.7 Å². The molecule has 0 aliphatic rings. The van der Waals surface area contributed by atoms with Gasteiger partial charge in [-0.3, -0.25) is 14.3 Å². The van der Waals surface area contributed by atoms with Crippen LogP contribution in [-0.2, 0) is 12.8 Å². The van der Waals surface area contributed by atoms with Gasteiger partial charge in [-0.25, -0.2) is 24.3 Å². The second kappa shape index (κ2) is 11.3. The highest BCUT2D eigenvalue weighted by molar-refractivity contribution is 5.80. The first kappa shape index (κ1) is 25.8. The molecule has 3 heterocycles. The van der Waals surface area contributed by atoms with Crippen molar-refractivity contribution in [2.75, 3.05) is 7.11 Å². The first-order chi connectivity index (χ1) is 19.0. The van der Waals surface area contributed by atoms with Crippen molar-refractivity contribution in [3.05, 3.63) is 104 Å². The lowest BCUT2D eigenvalue weighted by Gasteiger charge is -2.15. The highest BCUT2D eigenvalue weighted by Crippen LogP contribution is 2.30. The monoisotopic (exact) mass is 524 g/mol. The zero-order chi connectivity index (χ0) is 27.4. The van der Waals surface area contributed by atoms with Crippen LogP contribution in [0, 0.1) is 6.92 Å². The van der Waals surface area contributed by atoms with Gasteiger partial charge < -0.3 is 4.74 Å². The average molecular weight is 525 g/mol. The summed E-state index contributed by atoms with van der Waals surface area (Å²) in [7, 11) is 1.54. The molecule has 0 bridgehead atoms. The summed E-state index contributed by atoms with van der Waals surface area (Å²) in [6.45, 7) is 3.91. The van der Waals surface area contributed by atoms with Gasteiger partial charge in [-0.1, -0.05) is 67.0 Å². The third-order valence-corrected chi connectivity index (χ3v) is 6.52. The van der Waals surface area contributed by atoms with Crippen molar-refractivity contribution in [2.45, 2.75) is 39.5 Å². The summed E-state index contributed by atoms with van der Waals surface area (Å²) in [5.41, 5.74) is 4.80. The number of methoxy groups -OCH3 is 1. The van der Waals surface area contributed by atoms with Crippen molar-refractivity contribution < 1.29 is 9.26 Å². The molecule has 0 aliphatic carbocycles. The van der Waals surface area contributed by atoms with E-state index in [-0.39, 0.29) is 11.5 Å². The molecule has 0 spiro atoms. The number of hydrogen-bond donors (Lipinski definition) is 1. The van der Waals surface area contributed by atoms with Gasteiger partial charge in [-0.05, 0) is 36.5 Å². The van der Waals surface area contributed by atoms with Crippen LogP contribution in [0.2, 0.25) is 0 Å². The largest absolute Gasteiger partial charge is 0.494 e. The van der Waals surface area contributed by atoms with Gasteiger partial charge in [0.25, 0.3) is 5.56 Å². The minimum atomic E-state index is -0.605. The molecular weight excluding hydrogens is 496 g/mol. The number of nitrogens with zero attached hydrogens (tertiary/aromatic N) is 5. The van der Waals surface area contributed by atoms with Crippen LogP contribution < -0.4 is 16.1 Å². The number of rotatable bonds is 9. The zero-order valence-electron chi connectivity index (χ0n) is 22.0. The molecule has 0 radical (unpaired) electrons. The number of aromatic amines is 1. The molecule has 0 unspecified atom stereocenters. The molecule has 0 amide bonds. The van der Waals surface area contributed by atoms with Crippen LogP contribution in [-0.4, -0.2) is 36.8 Å². The maximum Gasteiger partial charge on any atom is 0.439 e. The van der Waals surface area contributed by atoms with Gasteiger partial charge in [0.05, 0.1) is 25.2 Å². The molecule has 3 aromatic heterocycles. The van der Waals surface area contributed by atoms with Crippen LogP contribution in [0.5, 0.6) is 5.75 Å². The average Bonchev–Trinajstić information content (AvgIpc) is 3.40. The maximum atomic E-state index is 13.8. The summed E-state index contributed by atoms with van der Waals surface area (Å²) < 4.78 is 11.3. The number of nitrogens with one attached hydrogen (secondary N) is 1. The molecule has 0 fully saturated rings. The molecule has 1 N–H and O–H groups in total. The van der Waals surface area contributed by atoms with Crippen LogP contribution in [0.3, 0.4) is 0 Å². The van der Waals surface area contributed by atoms with Crippen LogP contribution in [0.1, 0.15) is 42.4 Å². The molecule has 0 saturated heterocycles. The van der Waals surface area contributed by atoms with Crippen LogP contribution >= 0.6 is 0 Å². The van der Waals surface area contributed by atoms with Crippen molar-refractivity contribution in [1.29, 1.82) is 0 Å². The third kappa shape index (κ3) is 5.40. The molecule has 5 rings (SSSR count). The molecule has 5 aromatic rings. The van der Waals surface area contributed by atoms with E-state index in [1.807, 2.05) is 48.5 Å². The van der Waals surface area contributed by atoms with Gasteiger partial charge in [0, 0.05) is 17.5 Å². The summed E-state index contributed by atoms with van der Waals surface area (Å²) in [6.07, 6.45) is 6.12. The summed E-state index contributed by atoms with van der Waals surface area (Å²) in [5.74, 6) is 1.07. The molecule has 2 aromatic carbocycles. The first-order valence-electron chi connectivity index (χ1n) is 12.7. The topological polar surface area (TPSA) is 129 Å². The Morgan fingerprint density at radius 2 is 1.72 bits per heavy atom. The Bertz CT molecular complexity index is 1700. The Labute approximate surface area is 224 Å². The first-order valence-corrected chi connectivity index (χ1v) is 12.7. The van der Waals surface area contributed by atoms with E-state index >= 15 is 0 Å². The number of aryl methyl sites for hydroxylation is 2. The predicted octanol–water partition coefficient (Wildman–Crippen LogP) is 4.28. The lowest BCUT2D eigenvalue weighted by Crippen LogP contribution is -2.29. The highest BCUT2D eigenvalue weighted by atomic mass is 16.5. The highest BCUT2D eigenvalue weighted by Gasteiger charge is 2.18. The predicted molar refractivity (Wildman–Crippen MR) is 146 cm³/mol. The molecule has 39 heavy (non-hydrogen) atoms. The number of benzene rings is 2. The molecule has 198 valence electrons. The summed E-state index contributed by atoms with van der Waals surface area (Å²) in [4.78, 5) is 41.3. The van der Waals surface area contributed by atoms with Crippen molar-refractivity contribution in [2.24, 2.45) is 0 Å². The number of aromatic nitrogens is 6. The number of H-pyrrole nitrogens is 1. The minimum Gasteiger partial charge on any atom is -0.494 e. The minimum absolute atomic E-state index is 0.178. The van der Waals surface area contributed by atoms with Gasteiger partial charge in [0.2, 0.25) is 5.95 Å². The van der Waals surface area contributed by atoms with E-state index in [4.69, 9.17) is 14.2 Å². The van der Waals surface area contributed by atoms with Crippen LogP contribution in [0.4, 0.5) is 0 Å². The number of unbranched alkanes of at least 4 members (excludes halogenated alkanes) is 1. The quantitative estimate of drug-likeness (QED) is 0.302. The van der Waals surface area contributed by atoms with Crippen molar-refractivity contribution in [3.63, 3.8) is 0 Å². The van der Waals surface area contributed by atoms with Gasteiger partial charge in [0.15, 0.2) is 11.6 Å². The molecule has 0 saturated carbocycles. The lowest BCUT2D eigenvalue weighted by atomic mass is 9.96. The van der Waals surface area contributed by atoms with Crippen LogP contribution in [0.15, 0.2) is 75.0 Å². The number of ether oxygens (including phenoxy) is 1. The van der Waals surface area contributed by atoms with Crippen molar-refractivity contribution in [3.8, 4) is 34.2 Å². The SMILES string of the molecule is CCCCc1nc(C)n(-c2ncc(OC)cn2)c(=O)c1Cc1ccc(-c2ccccc2-c2noc(=O)[nH]2)cc1. The fourth-order valence-electron chi connectivity index (χ4n) is 4.51. The maximum absolute atomic E-state index is 13.8. The Morgan fingerprint density at radius 1 is 1.00 bits per heavy atom. The molecule has 10 heteroatoms.